The number of ether oxygens (including phenoxy) is 2. The number of carbonyl (C=O) groups excluding carboxylic acids is 2. The number of hydrogen-bond donors (Lipinski definition) is 0. The number of carbonyl (C=O) groups is 2. The van der Waals surface area contributed by atoms with Crippen LogP contribution in [-0.4, -0.2) is 61.4 Å². The van der Waals surface area contributed by atoms with Gasteiger partial charge in [0.2, 0.25) is 0 Å². The van der Waals surface area contributed by atoms with Gasteiger partial charge in [0, 0.05) is 6.54 Å². The summed E-state index contributed by atoms with van der Waals surface area (Å²) in [6.07, 6.45) is 2.92. The van der Waals surface area contributed by atoms with E-state index in [1.54, 1.807) is 0 Å². The van der Waals surface area contributed by atoms with Gasteiger partial charge in [-0.05, 0) is 39.3 Å². The predicted molar refractivity (Wildman–Crippen MR) is 80.7 cm³/mol. The zero-order valence-corrected chi connectivity index (χ0v) is 13.8. The molecular weight excluding hydrogens is 296 g/mol. The van der Waals surface area contributed by atoms with Crippen molar-refractivity contribution in [3.05, 3.63) is 0 Å². The first-order valence-corrected chi connectivity index (χ1v) is 7.26. The fraction of sp³-hybridized carbons (Fsp3) is 0.857. The Balaban J connectivity index is 0.00000220. The molecule has 0 aromatic heterocycles. The van der Waals surface area contributed by atoms with E-state index in [1.165, 1.54) is 0 Å². The molecule has 0 aromatic rings. The van der Waals surface area contributed by atoms with Crippen molar-refractivity contribution in [1.29, 1.82) is 0 Å². The summed E-state index contributed by atoms with van der Waals surface area (Å²) in [5, 5.41) is 0. The molecule has 7 heteroatoms. The average Bonchev–Trinajstić information content (AvgIpc) is 2.71. The van der Waals surface area contributed by atoms with E-state index in [0.717, 1.165) is 30.6 Å². The summed E-state index contributed by atoms with van der Waals surface area (Å²) < 4.78 is 10.7. The van der Waals surface area contributed by atoms with E-state index < -0.39 is 17.8 Å². The van der Waals surface area contributed by atoms with Crippen molar-refractivity contribution in [3.8, 4) is 0 Å². The van der Waals surface area contributed by atoms with Crippen LogP contribution in [0.25, 0.3) is 0 Å². The third-order valence-electron chi connectivity index (χ3n) is 4.31. The van der Waals surface area contributed by atoms with Gasteiger partial charge in [-0.3, -0.25) is 0 Å². The van der Waals surface area contributed by atoms with Crippen molar-refractivity contribution in [2.45, 2.75) is 38.2 Å². The van der Waals surface area contributed by atoms with Crippen molar-refractivity contribution >= 4 is 24.6 Å². The minimum atomic E-state index is -0.591. The Hall–Kier alpha value is -1.01. The molecule has 1 aliphatic heterocycles. The quantitative estimate of drug-likeness (QED) is 0.799. The molecule has 21 heavy (non-hydrogen) atoms. The molecule has 1 spiro atoms. The molecule has 2 rings (SSSR count). The number of nitrogens with zero attached hydrogens (tertiary/aromatic N) is 2. The number of amides is 2. The molecule has 1 saturated carbocycles. The monoisotopic (exact) mass is 320 g/mol. The molecule has 0 radical (unpaired) electrons. The molecule has 0 N–H and O–H groups in total. The fourth-order valence-electron chi connectivity index (χ4n) is 2.90. The molecule has 1 unspecified atom stereocenters. The van der Waals surface area contributed by atoms with Crippen LogP contribution in [0.4, 0.5) is 9.59 Å². The van der Waals surface area contributed by atoms with Crippen LogP contribution in [0, 0.1) is 5.92 Å². The van der Waals surface area contributed by atoms with Crippen molar-refractivity contribution in [3.63, 3.8) is 0 Å². The summed E-state index contributed by atoms with van der Waals surface area (Å²) in [7, 11) is 3.80. The fourth-order valence-corrected chi connectivity index (χ4v) is 2.90. The maximum Gasteiger partial charge on any atom is 0.420 e. The van der Waals surface area contributed by atoms with Crippen LogP contribution in [0.5, 0.6) is 0 Å². The summed E-state index contributed by atoms with van der Waals surface area (Å²) in [6.45, 7) is 3.33. The van der Waals surface area contributed by atoms with Gasteiger partial charge in [-0.1, -0.05) is 13.3 Å². The number of imide groups is 1. The average molecular weight is 321 g/mol. The normalized spacial score (nSPS) is 28.5. The molecule has 0 aromatic carbocycles. The molecule has 1 saturated heterocycles. The lowest BCUT2D eigenvalue weighted by atomic mass is 9.76. The smallest absolute Gasteiger partial charge is 0.420 e. The van der Waals surface area contributed by atoms with Gasteiger partial charge in [-0.15, -0.1) is 12.4 Å². The third kappa shape index (κ3) is 4.01. The highest BCUT2D eigenvalue weighted by molar-refractivity contribution is 5.89. The molecule has 2 atom stereocenters. The van der Waals surface area contributed by atoms with Crippen molar-refractivity contribution in [1.82, 2.24) is 9.80 Å². The molecule has 122 valence electrons. The Morgan fingerprint density at radius 1 is 1.48 bits per heavy atom. The molecule has 0 bridgehead atoms. The van der Waals surface area contributed by atoms with Crippen LogP contribution >= 0.6 is 12.4 Å². The van der Waals surface area contributed by atoms with E-state index in [2.05, 4.69) is 6.92 Å². The highest BCUT2D eigenvalue weighted by Crippen LogP contribution is 2.41. The van der Waals surface area contributed by atoms with E-state index in [4.69, 9.17) is 9.47 Å². The first kappa shape index (κ1) is 18.0. The summed E-state index contributed by atoms with van der Waals surface area (Å²) in [5.41, 5.74) is -0.490. The molecule has 2 amide bonds. The van der Waals surface area contributed by atoms with Gasteiger partial charge in [0.05, 0.1) is 6.54 Å². The van der Waals surface area contributed by atoms with E-state index in [9.17, 15) is 9.59 Å². The Morgan fingerprint density at radius 3 is 2.81 bits per heavy atom. The zero-order chi connectivity index (χ0) is 14.8. The number of hydrogen-bond acceptors (Lipinski definition) is 5. The lowest BCUT2D eigenvalue weighted by molar-refractivity contribution is -0.0158. The van der Waals surface area contributed by atoms with E-state index >= 15 is 0 Å². The van der Waals surface area contributed by atoms with Crippen LogP contribution in [0.15, 0.2) is 0 Å². The molecular formula is C14H25ClN2O4. The summed E-state index contributed by atoms with van der Waals surface area (Å²) >= 11 is 0. The molecule has 2 aliphatic rings. The summed E-state index contributed by atoms with van der Waals surface area (Å²) in [6, 6.07) is 0. The minimum absolute atomic E-state index is 0. The topological polar surface area (TPSA) is 59.1 Å². The second kappa shape index (κ2) is 7.31. The Labute approximate surface area is 132 Å². The first-order valence-electron chi connectivity index (χ1n) is 7.26. The van der Waals surface area contributed by atoms with Crippen molar-refractivity contribution < 1.29 is 19.1 Å². The van der Waals surface area contributed by atoms with Gasteiger partial charge in [-0.2, -0.15) is 0 Å². The minimum Gasteiger partial charge on any atom is -0.448 e. The van der Waals surface area contributed by atoms with E-state index in [-0.39, 0.29) is 19.0 Å². The Kier molecular flexibility index (Phi) is 6.28. The number of rotatable bonds is 3. The number of halogens is 1. The molecule has 1 aliphatic carbocycles. The second-order valence-electron chi connectivity index (χ2n) is 6.08. The Bertz CT molecular complexity index is 391. The van der Waals surface area contributed by atoms with Gasteiger partial charge >= 0.3 is 12.2 Å². The van der Waals surface area contributed by atoms with Gasteiger partial charge in [0.25, 0.3) is 0 Å². The van der Waals surface area contributed by atoms with Gasteiger partial charge < -0.3 is 14.4 Å². The van der Waals surface area contributed by atoms with Crippen LogP contribution in [-0.2, 0) is 9.47 Å². The molecule has 2 fully saturated rings. The molecule has 6 nitrogen and oxygen atoms in total. The maximum absolute atomic E-state index is 12.0. The van der Waals surface area contributed by atoms with E-state index in [1.807, 2.05) is 19.0 Å². The predicted octanol–water partition coefficient (Wildman–Crippen LogP) is 2.51. The van der Waals surface area contributed by atoms with Gasteiger partial charge in [-0.25, -0.2) is 14.5 Å². The largest absolute Gasteiger partial charge is 0.448 e. The third-order valence-corrected chi connectivity index (χ3v) is 4.31. The lowest BCUT2D eigenvalue weighted by Gasteiger charge is -2.36. The zero-order valence-electron chi connectivity index (χ0n) is 13.0. The van der Waals surface area contributed by atoms with Crippen LogP contribution in [0.2, 0.25) is 0 Å². The summed E-state index contributed by atoms with van der Waals surface area (Å²) in [4.78, 5) is 26.9. The van der Waals surface area contributed by atoms with E-state index in [0.29, 0.717) is 19.0 Å². The Morgan fingerprint density at radius 2 is 2.19 bits per heavy atom. The van der Waals surface area contributed by atoms with Crippen LogP contribution in [0.3, 0.4) is 0 Å². The number of likely N-dealkylation sites (N-methyl/N-ethyl adjacent to an activating group) is 1. The van der Waals surface area contributed by atoms with Crippen LogP contribution in [0.1, 0.15) is 32.6 Å². The summed E-state index contributed by atoms with van der Waals surface area (Å²) in [5.74, 6) is 0.291. The SMILES string of the molecule is C[C@@H]1CCCCC12CN(C(=O)OCCN(C)C)C(=O)O2.Cl. The highest BCUT2D eigenvalue weighted by atomic mass is 35.5. The van der Waals surface area contributed by atoms with Crippen LogP contribution < -0.4 is 0 Å². The standard InChI is InChI=1S/C14H24N2O4.ClH/c1-11-6-4-5-7-14(11)10-16(13(18)20-14)12(17)19-9-8-15(2)3;/h11H,4-10H2,1-3H3;1H/t11-,14?;/m1./s1. The lowest BCUT2D eigenvalue weighted by Crippen LogP contribution is -2.44. The highest BCUT2D eigenvalue weighted by Gasteiger charge is 2.52. The first-order chi connectivity index (χ1) is 9.44. The molecule has 1 heterocycles. The van der Waals surface area contributed by atoms with Crippen molar-refractivity contribution in [2.24, 2.45) is 5.92 Å². The second-order valence-corrected chi connectivity index (χ2v) is 6.08. The maximum atomic E-state index is 12.0. The van der Waals surface area contributed by atoms with Gasteiger partial charge in [0.1, 0.15) is 12.2 Å². The van der Waals surface area contributed by atoms with Crippen molar-refractivity contribution in [2.75, 3.05) is 33.8 Å². The van der Waals surface area contributed by atoms with Gasteiger partial charge in [0.15, 0.2) is 0 Å².